The number of H-pyrrole nitrogens is 1. The number of rotatable bonds is 0. The Morgan fingerprint density at radius 2 is 2.25 bits per heavy atom. The maximum atomic E-state index is 5.73. The van der Waals surface area contributed by atoms with Gasteiger partial charge in [0.25, 0.3) is 0 Å². The van der Waals surface area contributed by atoms with Gasteiger partial charge < -0.3 is 5.73 Å². The lowest BCUT2D eigenvalue weighted by molar-refractivity contribution is 1.07. The van der Waals surface area contributed by atoms with Crippen molar-refractivity contribution in [3.8, 4) is 0 Å². The fourth-order valence-corrected chi connectivity index (χ4v) is 1.51. The van der Waals surface area contributed by atoms with Crippen molar-refractivity contribution in [1.29, 1.82) is 0 Å². The average molecular weight is 226 g/mol. The Kier molecular flexibility index (Phi) is 1.58. The van der Waals surface area contributed by atoms with Crippen LogP contribution in [-0.2, 0) is 0 Å². The predicted molar refractivity (Wildman–Crippen MR) is 52.9 cm³/mol. The van der Waals surface area contributed by atoms with E-state index < -0.39 is 0 Å². The first-order valence-corrected chi connectivity index (χ1v) is 4.37. The van der Waals surface area contributed by atoms with E-state index >= 15 is 0 Å². The Hall–Kier alpha value is -1.03. The molecule has 3 nitrogen and oxygen atoms in total. The molecule has 2 rings (SSSR count). The predicted octanol–water partition coefficient (Wildman–Crippen LogP) is 2.22. The molecule has 0 saturated carbocycles. The second kappa shape index (κ2) is 2.48. The van der Waals surface area contributed by atoms with Gasteiger partial charge >= 0.3 is 0 Å². The number of aromatic amines is 1. The van der Waals surface area contributed by atoms with Crippen molar-refractivity contribution in [3.05, 3.63) is 22.3 Å². The van der Waals surface area contributed by atoms with E-state index in [2.05, 4.69) is 26.1 Å². The molecule has 1 aromatic carbocycles. The van der Waals surface area contributed by atoms with Crippen LogP contribution in [0.1, 0.15) is 5.69 Å². The summed E-state index contributed by atoms with van der Waals surface area (Å²) in [6, 6.07) is 3.83. The van der Waals surface area contributed by atoms with Crippen LogP contribution in [0.5, 0.6) is 0 Å². The van der Waals surface area contributed by atoms with Crippen molar-refractivity contribution < 1.29 is 0 Å². The number of hydrogen-bond acceptors (Lipinski definition) is 2. The highest BCUT2D eigenvalue weighted by molar-refractivity contribution is 9.10. The van der Waals surface area contributed by atoms with E-state index in [1.165, 1.54) is 0 Å². The molecular weight excluding hydrogens is 218 g/mol. The highest BCUT2D eigenvalue weighted by atomic mass is 79.9. The zero-order valence-electron chi connectivity index (χ0n) is 6.56. The van der Waals surface area contributed by atoms with Crippen molar-refractivity contribution in [2.24, 2.45) is 0 Å². The van der Waals surface area contributed by atoms with Gasteiger partial charge in [-0.2, -0.15) is 5.10 Å². The van der Waals surface area contributed by atoms with Gasteiger partial charge in [-0.05, 0) is 35.0 Å². The van der Waals surface area contributed by atoms with Crippen LogP contribution in [0.25, 0.3) is 10.9 Å². The van der Waals surface area contributed by atoms with Crippen molar-refractivity contribution in [1.82, 2.24) is 10.2 Å². The first kappa shape index (κ1) is 7.61. The molecule has 4 heteroatoms. The van der Waals surface area contributed by atoms with Crippen LogP contribution in [0.2, 0.25) is 0 Å². The highest BCUT2D eigenvalue weighted by Gasteiger charge is 2.03. The summed E-state index contributed by atoms with van der Waals surface area (Å²) < 4.78 is 0.890. The Labute approximate surface area is 78.1 Å². The summed E-state index contributed by atoms with van der Waals surface area (Å²) in [6.45, 7) is 1.97. The lowest BCUT2D eigenvalue weighted by atomic mass is 10.2. The first-order valence-electron chi connectivity index (χ1n) is 3.58. The Bertz CT molecular complexity index is 433. The van der Waals surface area contributed by atoms with Gasteiger partial charge in [0.2, 0.25) is 0 Å². The van der Waals surface area contributed by atoms with Gasteiger partial charge in [-0.25, -0.2) is 0 Å². The summed E-state index contributed by atoms with van der Waals surface area (Å²) in [5.74, 6) is 0. The minimum absolute atomic E-state index is 0.743. The third-order valence-electron chi connectivity index (χ3n) is 1.86. The first-order chi connectivity index (χ1) is 5.68. The lowest BCUT2D eigenvalue weighted by Gasteiger charge is -1.96. The summed E-state index contributed by atoms with van der Waals surface area (Å²) >= 11 is 3.35. The fraction of sp³-hybridized carbons (Fsp3) is 0.125. The van der Waals surface area contributed by atoms with Gasteiger partial charge in [-0.3, -0.25) is 5.10 Å². The average Bonchev–Trinajstić information content (AvgIpc) is 2.35. The molecule has 3 N–H and O–H groups in total. The Morgan fingerprint density at radius 3 is 3.00 bits per heavy atom. The summed E-state index contributed by atoms with van der Waals surface area (Å²) in [6.07, 6.45) is 0. The molecule has 0 aliphatic carbocycles. The van der Waals surface area contributed by atoms with Crippen molar-refractivity contribution in [2.45, 2.75) is 6.92 Å². The molecule has 0 radical (unpaired) electrons. The summed E-state index contributed by atoms with van der Waals surface area (Å²) in [5, 5.41) is 8.09. The van der Waals surface area contributed by atoms with Crippen LogP contribution < -0.4 is 5.73 Å². The second-order valence-electron chi connectivity index (χ2n) is 2.74. The minimum atomic E-state index is 0.743. The number of nitrogens with zero attached hydrogens (tertiary/aromatic N) is 1. The number of halogens is 1. The molecular formula is C8H8BrN3. The molecule has 0 fully saturated rings. The molecule has 0 spiro atoms. The highest BCUT2D eigenvalue weighted by Crippen LogP contribution is 2.26. The molecule has 0 aliphatic heterocycles. The molecule has 0 saturated heterocycles. The lowest BCUT2D eigenvalue weighted by Crippen LogP contribution is -1.85. The molecule has 1 heterocycles. The van der Waals surface area contributed by atoms with Gasteiger partial charge in [-0.1, -0.05) is 0 Å². The molecule has 0 amide bonds. The molecule has 0 bridgehead atoms. The van der Waals surface area contributed by atoms with E-state index in [1.54, 1.807) is 0 Å². The Balaban J connectivity index is 2.87. The molecule has 0 aliphatic rings. The third kappa shape index (κ3) is 0.992. The van der Waals surface area contributed by atoms with Crippen molar-refractivity contribution in [2.75, 3.05) is 5.73 Å². The van der Waals surface area contributed by atoms with E-state index in [4.69, 9.17) is 5.73 Å². The van der Waals surface area contributed by atoms with Gasteiger partial charge in [0.15, 0.2) is 0 Å². The van der Waals surface area contributed by atoms with Crippen LogP contribution in [0.4, 0.5) is 5.69 Å². The zero-order chi connectivity index (χ0) is 8.72. The number of nitrogens with two attached hydrogens (primary N) is 1. The monoisotopic (exact) mass is 225 g/mol. The number of benzene rings is 1. The van der Waals surface area contributed by atoms with Crippen molar-refractivity contribution >= 4 is 32.5 Å². The largest absolute Gasteiger partial charge is 0.398 e. The Morgan fingerprint density at radius 1 is 1.50 bits per heavy atom. The summed E-state index contributed by atoms with van der Waals surface area (Å²) in [4.78, 5) is 0. The summed E-state index contributed by atoms with van der Waals surface area (Å²) in [5.41, 5.74) is 8.45. The normalized spacial score (nSPS) is 10.8. The number of aryl methyl sites for hydroxylation is 1. The van der Waals surface area contributed by atoms with Crippen LogP contribution in [0, 0.1) is 6.92 Å². The molecule has 1 aromatic heterocycles. The fourth-order valence-electron chi connectivity index (χ4n) is 1.18. The van der Waals surface area contributed by atoms with E-state index in [0.29, 0.717) is 0 Å². The summed E-state index contributed by atoms with van der Waals surface area (Å²) in [7, 11) is 0. The number of nitrogen functional groups attached to an aromatic ring is 1. The zero-order valence-corrected chi connectivity index (χ0v) is 8.14. The number of fused-ring (bicyclic) bond motifs is 1. The quantitative estimate of drug-likeness (QED) is 0.676. The topological polar surface area (TPSA) is 54.7 Å². The second-order valence-corrected chi connectivity index (χ2v) is 3.59. The SMILES string of the molecule is Cc1[nH]nc2cc(Br)c(N)cc12. The smallest absolute Gasteiger partial charge is 0.0936 e. The maximum Gasteiger partial charge on any atom is 0.0936 e. The van der Waals surface area contributed by atoms with Gasteiger partial charge in [0, 0.05) is 21.2 Å². The molecule has 12 heavy (non-hydrogen) atoms. The molecule has 2 aromatic rings. The van der Waals surface area contributed by atoms with Crippen LogP contribution in [0.15, 0.2) is 16.6 Å². The van der Waals surface area contributed by atoms with E-state index in [9.17, 15) is 0 Å². The third-order valence-corrected chi connectivity index (χ3v) is 2.55. The van der Waals surface area contributed by atoms with Gasteiger partial charge in [0.05, 0.1) is 5.52 Å². The molecule has 62 valence electrons. The number of hydrogen-bond donors (Lipinski definition) is 2. The van der Waals surface area contributed by atoms with Crippen LogP contribution in [0.3, 0.4) is 0 Å². The van der Waals surface area contributed by atoms with Gasteiger partial charge in [0.1, 0.15) is 0 Å². The van der Waals surface area contributed by atoms with Crippen molar-refractivity contribution in [3.63, 3.8) is 0 Å². The molecule has 0 atom stereocenters. The number of anilines is 1. The van der Waals surface area contributed by atoms with Gasteiger partial charge in [-0.15, -0.1) is 0 Å². The van der Waals surface area contributed by atoms with E-state index in [1.807, 2.05) is 19.1 Å². The number of aromatic nitrogens is 2. The minimum Gasteiger partial charge on any atom is -0.398 e. The van der Waals surface area contributed by atoms with Crippen LogP contribution >= 0.6 is 15.9 Å². The molecule has 0 unspecified atom stereocenters. The maximum absolute atomic E-state index is 5.73. The van der Waals surface area contributed by atoms with Crippen LogP contribution in [-0.4, -0.2) is 10.2 Å². The van der Waals surface area contributed by atoms with E-state index in [-0.39, 0.29) is 0 Å². The number of nitrogens with one attached hydrogen (secondary N) is 1. The standard InChI is InChI=1S/C8H8BrN3/c1-4-5-2-7(10)6(9)3-8(5)12-11-4/h2-3H,10H2,1H3,(H,11,12). The van der Waals surface area contributed by atoms with E-state index in [0.717, 1.165) is 26.8 Å².